The summed E-state index contributed by atoms with van der Waals surface area (Å²) < 4.78 is 0. The quantitative estimate of drug-likeness (QED) is 0.208. The van der Waals surface area contributed by atoms with Crippen LogP contribution in [0.4, 0.5) is 0 Å². The van der Waals surface area contributed by atoms with Crippen molar-refractivity contribution in [2.75, 3.05) is 12.3 Å². The number of nitrogens with two attached hydrogens (primary N) is 1. The number of aliphatic hydroxyl groups excluding tert-OH is 2. The van der Waals surface area contributed by atoms with Crippen LogP contribution in [0, 0.1) is 0 Å². The number of aliphatic hydroxyl groups is 2. The Labute approximate surface area is 160 Å². The number of rotatable bonds is 10. The second-order valence-corrected chi connectivity index (χ2v) is 7.00. The molecule has 4 unspecified atom stereocenters. The molecule has 154 valence electrons. The lowest BCUT2D eigenvalue weighted by molar-refractivity contribution is -0.138. The summed E-state index contributed by atoms with van der Waals surface area (Å²) in [7, 11) is 0. The number of thioether (sulfide) groups is 1. The van der Waals surface area contributed by atoms with Gasteiger partial charge >= 0.3 is 5.97 Å². The number of carboxylic acids is 1. The SMILES string of the molecule is C=O.NC(O)CCC(=O)NC(CSC1CC(=O)CC1O)C(=O)NCC(=O)O. The second-order valence-electron chi connectivity index (χ2n) is 5.72. The number of hydrogen-bond acceptors (Lipinski definition) is 9. The van der Waals surface area contributed by atoms with Crippen molar-refractivity contribution >= 4 is 42.1 Å². The van der Waals surface area contributed by atoms with Gasteiger partial charge in [-0.15, -0.1) is 0 Å². The van der Waals surface area contributed by atoms with Crippen molar-refractivity contribution in [1.82, 2.24) is 10.6 Å². The van der Waals surface area contributed by atoms with E-state index in [1.165, 1.54) is 11.8 Å². The van der Waals surface area contributed by atoms with Gasteiger partial charge in [0.2, 0.25) is 11.8 Å². The summed E-state index contributed by atoms with van der Waals surface area (Å²) in [6.45, 7) is 1.40. The van der Waals surface area contributed by atoms with E-state index in [0.717, 1.165) is 0 Å². The van der Waals surface area contributed by atoms with Gasteiger partial charge in [0.05, 0.1) is 6.10 Å². The van der Waals surface area contributed by atoms with Crippen LogP contribution in [0.2, 0.25) is 0 Å². The van der Waals surface area contributed by atoms with Crippen LogP contribution < -0.4 is 16.4 Å². The largest absolute Gasteiger partial charge is 0.480 e. The summed E-state index contributed by atoms with van der Waals surface area (Å²) in [6.07, 6.45) is -1.80. The van der Waals surface area contributed by atoms with Crippen molar-refractivity contribution in [1.29, 1.82) is 0 Å². The summed E-state index contributed by atoms with van der Waals surface area (Å²) >= 11 is 1.17. The summed E-state index contributed by atoms with van der Waals surface area (Å²) in [5.74, 6) is -2.44. The maximum atomic E-state index is 12.1. The van der Waals surface area contributed by atoms with Crippen molar-refractivity contribution in [2.24, 2.45) is 5.73 Å². The fourth-order valence-corrected chi connectivity index (χ4v) is 3.51. The number of aliphatic carboxylic acids is 1. The average Bonchev–Trinajstić information content (AvgIpc) is 2.93. The monoisotopic (exact) mass is 407 g/mol. The molecule has 1 aliphatic rings. The molecule has 0 aromatic rings. The first-order chi connectivity index (χ1) is 12.7. The number of nitrogens with one attached hydrogen (secondary N) is 2. The van der Waals surface area contributed by atoms with E-state index < -0.39 is 42.7 Å². The van der Waals surface area contributed by atoms with Gasteiger partial charge in [0, 0.05) is 30.3 Å². The molecule has 1 fully saturated rings. The van der Waals surface area contributed by atoms with Crippen molar-refractivity contribution in [3.8, 4) is 0 Å². The Balaban J connectivity index is 0.00000326. The zero-order valence-corrected chi connectivity index (χ0v) is 15.4. The molecule has 0 heterocycles. The number of carbonyl (C=O) groups is 5. The Bertz CT molecular complexity index is 531. The van der Waals surface area contributed by atoms with Gasteiger partial charge in [0.1, 0.15) is 31.4 Å². The van der Waals surface area contributed by atoms with E-state index in [-0.39, 0.29) is 42.5 Å². The molecular formula is C15H25N3O8S. The molecule has 0 spiro atoms. The van der Waals surface area contributed by atoms with Gasteiger partial charge in [0.25, 0.3) is 0 Å². The van der Waals surface area contributed by atoms with E-state index >= 15 is 0 Å². The Kier molecular flexibility index (Phi) is 12.2. The zero-order chi connectivity index (χ0) is 21.0. The maximum Gasteiger partial charge on any atom is 0.322 e. The lowest BCUT2D eigenvalue weighted by Gasteiger charge is -2.20. The topological polar surface area (TPSA) is 196 Å². The minimum absolute atomic E-state index is 0.0122. The fourth-order valence-electron chi connectivity index (χ4n) is 2.21. The molecule has 11 nitrogen and oxygen atoms in total. The minimum Gasteiger partial charge on any atom is -0.480 e. The summed E-state index contributed by atoms with van der Waals surface area (Å²) in [5.41, 5.74) is 5.15. The first kappa shape index (κ1) is 25.0. The normalized spacial score (nSPS) is 20.8. The van der Waals surface area contributed by atoms with Crippen LogP contribution in [0.1, 0.15) is 25.7 Å². The molecule has 4 atom stereocenters. The number of Topliss-reactive ketones (excluding diaryl/α,β-unsaturated/α-hetero) is 1. The molecule has 1 saturated carbocycles. The van der Waals surface area contributed by atoms with E-state index in [1.54, 1.807) is 0 Å². The van der Waals surface area contributed by atoms with Crippen LogP contribution in [0.15, 0.2) is 0 Å². The predicted molar refractivity (Wildman–Crippen MR) is 95.6 cm³/mol. The molecular weight excluding hydrogens is 382 g/mol. The number of amides is 2. The van der Waals surface area contributed by atoms with E-state index in [0.29, 0.717) is 0 Å². The molecule has 0 aromatic heterocycles. The summed E-state index contributed by atoms with van der Waals surface area (Å²) in [5, 5.41) is 31.6. The van der Waals surface area contributed by atoms with Gasteiger partial charge in [-0.2, -0.15) is 11.8 Å². The third-order valence-corrected chi connectivity index (χ3v) is 4.94. The van der Waals surface area contributed by atoms with E-state index in [2.05, 4.69) is 10.6 Å². The third kappa shape index (κ3) is 10.7. The highest BCUT2D eigenvalue weighted by atomic mass is 32.2. The van der Waals surface area contributed by atoms with Crippen molar-refractivity contribution in [2.45, 2.75) is 49.3 Å². The second kappa shape index (κ2) is 13.2. The Morgan fingerprint density at radius 3 is 2.41 bits per heavy atom. The number of ketones is 1. The molecule has 0 aromatic carbocycles. The molecule has 12 heteroatoms. The van der Waals surface area contributed by atoms with E-state index in [1.807, 2.05) is 6.79 Å². The average molecular weight is 407 g/mol. The van der Waals surface area contributed by atoms with Crippen LogP contribution >= 0.6 is 11.8 Å². The molecule has 0 bridgehead atoms. The summed E-state index contributed by atoms with van der Waals surface area (Å²) in [6, 6.07) is -1.03. The molecule has 2 amide bonds. The van der Waals surface area contributed by atoms with Crippen LogP contribution in [0.5, 0.6) is 0 Å². The van der Waals surface area contributed by atoms with Crippen molar-refractivity contribution < 1.29 is 39.3 Å². The Morgan fingerprint density at radius 2 is 1.93 bits per heavy atom. The van der Waals surface area contributed by atoms with Crippen molar-refractivity contribution in [3.63, 3.8) is 0 Å². The highest BCUT2D eigenvalue weighted by molar-refractivity contribution is 8.00. The number of hydrogen-bond donors (Lipinski definition) is 6. The first-order valence-corrected chi connectivity index (χ1v) is 9.06. The lowest BCUT2D eigenvalue weighted by atomic mass is 10.2. The fraction of sp³-hybridized carbons (Fsp3) is 0.667. The number of carbonyl (C=O) groups excluding carboxylic acids is 4. The van der Waals surface area contributed by atoms with Gasteiger partial charge in [-0.05, 0) is 6.42 Å². The van der Waals surface area contributed by atoms with Gasteiger partial charge in [-0.1, -0.05) is 0 Å². The molecule has 0 aliphatic heterocycles. The molecule has 1 aliphatic carbocycles. The number of carboxylic acid groups (broad SMARTS) is 1. The van der Waals surface area contributed by atoms with Crippen LogP contribution in [-0.4, -0.2) is 81.6 Å². The van der Waals surface area contributed by atoms with Crippen molar-refractivity contribution in [3.05, 3.63) is 0 Å². The summed E-state index contributed by atoms with van der Waals surface area (Å²) in [4.78, 5) is 53.8. The van der Waals surface area contributed by atoms with Crippen LogP contribution in [0.25, 0.3) is 0 Å². The zero-order valence-electron chi connectivity index (χ0n) is 14.6. The maximum absolute atomic E-state index is 12.1. The third-order valence-electron chi connectivity index (χ3n) is 3.50. The van der Waals surface area contributed by atoms with E-state index in [9.17, 15) is 24.3 Å². The van der Waals surface area contributed by atoms with Gasteiger partial charge in [-0.25, -0.2) is 0 Å². The van der Waals surface area contributed by atoms with E-state index in [4.69, 9.17) is 20.7 Å². The molecule has 0 radical (unpaired) electrons. The lowest BCUT2D eigenvalue weighted by Crippen LogP contribution is -2.49. The minimum atomic E-state index is -1.23. The Hall–Kier alpha value is -2.02. The molecule has 27 heavy (non-hydrogen) atoms. The van der Waals surface area contributed by atoms with Gasteiger partial charge in [-0.3, -0.25) is 19.2 Å². The predicted octanol–water partition coefficient (Wildman–Crippen LogP) is -2.63. The van der Waals surface area contributed by atoms with Gasteiger partial charge in [0.15, 0.2) is 0 Å². The standard InChI is InChI=1S/C14H23N3O7S.CH2O/c15-11(20)1-2-12(21)17-8(14(24)16-5-13(22)23)6-25-10-4-7(18)3-9(10)19;1-2/h8-11,19-20H,1-6,15H2,(H,16,24)(H,17,21)(H,22,23);1H2. The molecule has 1 rings (SSSR count). The Morgan fingerprint density at radius 1 is 1.30 bits per heavy atom. The van der Waals surface area contributed by atoms with Crippen LogP contribution in [-0.2, 0) is 24.0 Å². The highest BCUT2D eigenvalue weighted by Gasteiger charge is 2.33. The highest BCUT2D eigenvalue weighted by Crippen LogP contribution is 2.28. The smallest absolute Gasteiger partial charge is 0.322 e. The van der Waals surface area contributed by atoms with Gasteiger partial charge < -0.3 is 36.5 Å². The molecule has 7 N–H and O–H groups in total. The van der Waals surface area contributed by atoms with Crippen LogP contribution in [0.3, 0.4) is 0 Å². The molecule has 0 saturated heterocycles. The first-order valence-electron chi connectivity index (χ1n) is 8.01.